The van der Waals surface area contributed by atoms with Gasteiger partial charge in [-0.3, -0.25) is 0 Å². The predicted octanol–water partition coefficient (Wildman–Crippen LogP) is 2.28. The van der Waals surface area contributed by atoms with Crippen LogP contribution in [0.15, 0.2) is 0 Å². The molecule has 2 heteroatoms. The van der Waals surface area contributed by atoms with Crippen LogP contribution in [0, 0.1) is 5.92 Å². The van der Waals surface area contributed by atoms with Crippen LogP contribution in [0.4, 0.5) is 0 Å². The summed E-state index contributed by atoms with van der Waals surface area (Å²) in [5, 5.41) is 0. The minimum Gasteiger partial charge on any atom is -0.306 e. The Morgan fingerprint density at radius 2 is 2.09 bits per heavy atom. The van der Waals surface area contributed by atoms with Crippen LogP contribution in [0.25, 0.3) is 0 Å². The minimum absolute atomic E-state index is 1.01. The fourth-order valence-corrected chi connectivity index (χ4v) is 1.67. The van der Waals surface area contributed by atoms with E-state index >= 15 is 0 Å². The maximum Gasteiger partial charge on any atom is 0.000708 e. The van der Waals surface area contributed by atoms with Gasteiger partial charge in [-0.1, -0.05) is 13.3 Å². The van der Waals surface area contributed by atoms with Crippen molar-refractivity contribution >= 4 is 12.6 Å². The number of thiol groups is 1. The molecule has 1 unspecified atom stereocenters. The van der Waals surface area contributed by atoms with Crippen LogP contribution in [0.2, 0.25) is 0 Å². The van der Waals surface area contributed by atoms with Crippen LogP contribution in [0.5, 0.6) is 0 Å². The van der Waals surface area contributed by atoms with E-state index in [1.807, 2.05) is 0 Å². The van der Waals surface area contributed by atoms with Crippen LogP contribution in [0.1, 0.15) is 26.2 Å². The lowest BCUT2D eigenvalue weighted by Gasteiger charge is -2.07. The van der Waals surface area contributed by atoms with Crippen molar-refractivity contribution in [3.63, 3.8) is 0 Å². The fourth-order valence-electron chi connectivity index (χ4n) is 1.67. The van der Waals surface area contributed by atoms with Gasteiger partial charge in [0.1, 0.15) is 0 Å². The Kier molecular flexibility index (Phi) is 7.18. The zero-order valence-corrected chi connectivity index (χ0v) is 8.90. The summed E-state index contributed by atoms with van der Waals surface area (Å²) in [6.45, 7) is 4.94. The third-order valence-electron chi connectivity index (χ3n) is 2.19. The maximum absolute atomic E-state index is 3.53. The third kappa shape index (κ3) is 4.70. The van der Waals surface area contributed by atoms with Gasteiger partial charge in [0.25, 0.3) is 0 Å². The highest BCUT2D eigenvalue weighted by molar-refractivity contribution is 7.79. The van der Waals surface area contributed by atoms with Crippen molar-refractivity contribution in [2.75, 3.05) is 26.4 Å². The lowest BCUT2D eigenvalue weighted by Crippen LogP contribution is -2.13. The highest BCUT2D eigenvalue weighted by Gasteiger charge is 2.17. The second-order valence-corrected chi connectivity index (χ2v) is 3.21. The van der Waals surface area contributed by atoms with Crippen molar-refractivity contribution in [1.82, 2.24) is 4.90 Å². The van der Waals surface area contributed by atoms with Gasteiger partial charge in [-0.05, 0) is 38.6 Å². The topological polar surface area (TPSA) is 3.24 Å². The molecular formula is C9H21NS. The Labute approximate surface area is 76.6 Å². The van der Waals surface area contributed by atoms with E-state index < -0.39 is 0 Å². The summed E-state index contributed by atoms with van der Waals surface area (Å²) >= 11 is 3.53. The number of rotatable bonds is 2. The van der Waals surface area contributed by atoms with E-state index in [1.54, 1.807) is 6.26 Å². The molecule has 1 fully saturated rings. The van der Waals surface area contributed by atoms with Gasteiger partial charge >= 0.3 is 0 Å². The SMILES string of the molecule is CCCC1CCN(C)C1.CS. The van der Waals surface area contributed by atoms with Gasteiger partial charge in [0.05, 0.1) is 0 Å². The maximum atomic E-state index is 3.53. The molecule has 0 aromatic rings. The van der Waals surface area contributed by atoms with Crippen molar-refractivity contribution in [2.24, 2.45) is 5.92 Å². The molecule has 1 nitrogen and oxygen atoms in total. The molecule has 1 atom stereocenters. The lowest BCUT2D eigenvalue weighted by molar-refractivity contribution is 0.387. The minimum atomic E-state index is 1.01. The van der Waals surface area contributed by atoms with Crippen LogP contribution in [-0.4, -0.2) is 31.3 Å². The molecule has 1 aliphatic rings. The Morgan fingerprint density at radius 1 is 1.45 bits per heavy atom. The van der Waals surface area contributed by atoms with Gasteiger partial charge in [0, 0.05) is 6.54 Å². The molecule has 1 aliphatic heterocycles. The summed E-state index contributed by atoms with van der Waals surface area (Å²) in [5.41, 5.74) is 0. The first kappa shape index (κ1) is 11.3. The molecule has 0 aromatic heterocycles. The van der Waals surface area contributed by atoms with Gasteiger partial charge < -0.3 is 4.90 Å². The molecule has 0 amide bonds. The molecule has 1 saturated heterocycles. The van der Waals surface area contributed by atoms with E-state index in [9.17, 15) is 0 Å². The Morgan fingerprint density at radius 3 is 2.45 bits per heavy atom. The second kappa shape index (κ2) is 6.99. The van der Waals surface area contributed by atoms with Crippen molar-refractivity contribution in [3.05, 3.63) is 0 Å². The van der Waals surface area contributed by atoms with Crippen LogP contribution in [-0.2, 0) is 0 Å². The van der Waals surface area contributed by atoms with Crippen molar-refractivity contribution in [2.45, 2.75) is 26.2 Å². The van der Waals surface area contributed by atoms with E-state index in [1.165, 1.54) is 32.4 Å². The number of likely N-dealkylation sites (tertiary alicyclic amines) is 1. The van der Waals surface area contributed by atoms with E-state index in [4.69, 9.17) is 0 Å². The van der Waals surface area contributed by atoms with E-state index in [0.717, 1.165) is 5.92 Å². The molecule has 0 aromatic carbocycles. The van der Waals surface area contributed by atoms with Gasteiger partial charge in [-0.15, -0.1) is 0 Å². The Balaban J connectivity index is 0.000000461. The molecule has 1 rings (SSSR count). The van der Waals surface area contributed by atoms with Gasteiger partial charge in [-0.25, -0.2) is 0 Å². The van der Waals surface area contributed by atoms with Crippen LogP contribution in [0.3, 0.4) is 0 Å². The van der Waals surface area contributed by atoms with Crippen LogP contribution >= 0.6 is 12.6 Å². The molecule has 0 bridgehead atoms. The van der Waals surface area contributed by atoms with E-state index in [2.05, 4.69) is 31.5 Å². The normalized spacial score (nSPS) is 24.5. The van der Waals surface area contributed by atoms with Gasteiger partial charge in [0.2, 0.25) is 0 Å². The second-order valence-electron chi connectivity index (χ2n) is 3.21. The number of nitrogens with zero attached hydrogens (tertiary/aromatic N) is 1. The summed E-state index contributed by atoms with van der Waals surface area (Å²) in [6, 6.07) is 0. The lowest BCUT2D eigenvalue weighted by atomic mass is 10.0. The average Bonchev–Trinajstić information content (AvgIpc) is 2.41. The first-order valence-corrected chi connectivity index (χ1v) is 5.35. The zero-order chi connectivity index (χ0) is 8.69. The summed E-state index contributed by atoms with van der Waals surface area (Å²) in [4.78, 5) is 2.43. The molecular weight excluding hydrogens is 154 g/mol. The van der Waals surface area contributed by atoms with Gasteiger partial charge in [-0.2, -0.15) is 12.6 Å². The van der Waals surface area contributed by atoms with Crippen LogP contribution < -0.4 is 0 Å². The quantitative estimate of drug-likeness (QED) is 0.630. The Bertz CT molecular complexity index is 83.6. The number of hydrogen-bond donors (Lipinski definition) is 1. The first-order chi connectivity index (χ1) is 5.33. The summed E-state index contributed by atoms with van der Waals surface area (Å²) in [5.74, 6) is 1.01. The number of hydrogen-bond acceptors (Lipinski definition) is 2. The van der Waals surface area contributed by atoms with E-state index in [-0.39, 0.29) is 0 Å². The molecule has 68 valence electrons. The highest BCUT2D eigenvalue weighted by Crippen LogP contribution is 2.18. The molecule has 0 aliphatic carbocycles. The molecule has 11 heavy (non-hydrogen) atoms. The monoisotopic (exact) mass is 175 g/mol. The van der Waals surface area contributed by atoms with Crippen molar-refractivity contribution in [3.8, 4) is 0 Å². The molecule has 1 heterocycles. The third-order valence-corrected chi connectivity index (χ3v) is 2.19. The Hall–Kier alpha value is 0.310. The fraction of sp³-hybridized carbons (Fsp3) is 1.00. The van der Waals surface area contributed by atoms with E-state index in [0.29, 0.717) is 0 Å². The highest BCUT2D eigenvalue weighted by atomic mass is 32.1. The van der Waals surface area contributed by atoms with Crippen molar-refractivity contribution in [1.29, 1.82) is 0 Å². The molecule has 0 radical (unpaired) electrons. The summed E-state index contributed by atoms with van der Waals surface area (Å²) in [6.07, 6.45) is 5.92. The molecule has 0 spiro atoms. The average molecular weight is 175 g/mol. The first-order valence-electron chi connectivity index (χ1n) is 4.46. The zero-order valence-electron chi connectivity index (χ0n) is 8.01. The standard InChI is InChI=1S/C8H17N.CH4S/c1-3-4-8-5-6-9(2)7-8;1-2/h8H,3-7H2,1-2H3;2H,1H3. The van der Waals surface area contributed by atoms with Crippen molar-refractivity contribution < 1.29 is 0 Å². The summed E-state index contributed by atoms with van der Waals surface area (Å²) < 4.78 is 0. The van der Waals surface area contributed by atoms with Gasteiger partial charge in [0.15, 0.2) is 0 Å². The molecule has 0 N–H and O–H groups in total. The smallest absolute Gasteiger partial charge is 0.000708 e. The largest absolute Gasteiger partial charge is 0.306 e. The molecule has 0 saturated carbocycles. The predicted molar refractivity (Wildman–Crippen MR) is 55.4 cm³/mol. The summed E-state index contributed by atoms with van der Waals surface area (Å²) in [7, 11) is 2.22.